The van der Waals surface area contributed by atoms with Crippen molar-refractivity contribution in [1.29, 1.82) is 0 Å². The minimum atomic E-state index is -0.224. The van der Waals surface area contributed by atoms with Gasteiger partial charge in [-0.2, -0.15) is 0 Å². The van der Waals surface area contributed by atoms with Gasteiger partial charge in [0, 0.05) is 25.3 Å². The second-order valence-electron chi connectivity index (χ2n) is 6.31. The molecule has 1 N–H and O–H groups in total. The van der Waals surface area contributed by atoms with Gasteiger partial charge in [0.25, 0.3) is 0 Å². The molecule has 0 spiro atoms. The molecule has 0 bridgehead atoms. The van der Waals surface area contributed by atoms with Gasteiger partial charge < -0.3 is 15.1 Å². The summed E-state index contributed by atoms with van der Waals surface area (Å²) in [4.78, 5) is 28.6. The highest BCUT2D eigenvalue weighted by atomic mass is 35.5. The third-order valence-corrected chi connectivity index (χ3v) is 6.13. The Morgan fingerprint density at radius 1 is 1.18 bits per heavy atom. The Labute approximate surface area is 142 Å². The van der Waals surface area contributed by atoms with E-state index in [9.17, 15) is 9.59 Å². The molecule has 22 heavy (non-hydrogen) atoms. The van der Waals surface area contributed by atoms with Gasteiger partial charge in [0.05, 0.1) is 5.88 Å². The highest BCUT2D eigenvalue weighted by molar-refractivity contribution is 7.99. The maximum absolute atomic E-state index is 12.8. The molecule has 0 saturated carbocycles. The van der Waals surface area contributed by atoms with Gasteiger partial charge in [-0.15, -0.1) is 24.2 Å². The minimum absolute atomic E-state index is 0. The van der Waals surface area contributed by atoms with E-state index in [-0.39, 0.29) is 30.3 Å². The fourth-order valence-electron chi connectivity index (χ4n) is 3.75. The zero-order chi connectivity index (χ0) is 14.8. The summed E-state index contributed by atoms with van der Waals surface area (Å²) < 4.78 is 0. The number of thioether (sulfide) groups is 1. The summed E-state index contributed by atoms with van der Waals surface area (Å²) >= 11 is 1.70. The second kappa shape index (κ2) is 7.88. The van der Waals surface area contributed by atoms with Crippen molar-refractivity contribution in [3.63, 3.8) is 0 Å². The highest BCUT2D eigenvalue weighted by Gasteiger charge is 2.38. The van der Waals surface area contributed by atoms with Crippen LogP contribution >= 0.6 is 24.2 Å². The number of carbonyl (C=O) groups is 2. The summed E-state index contributed by atoms with van der Waals surface area (Å²) in [6.45, 7) is 5.79. The molecular formula is C15H26ClN3O2S. The lowest BCUT2D eigenvalue weighted by molar-refractivity contribution is -0.143. The van der Waals surface area contributed by atoms with E-state index in [1.807, 2.05) is 11.8 Å². The summed E-state index contributed by atoms with van der Waals surface area (Å²) in [5.41, 5.74) is 0. The fourth-order valence-corrected chi connectivity index (χ4v) is 4.92. The van der Waals surface area contributed by atoms with Crippen LogP contribution < -0.4 is 5.32 Å². The van der Waals surface area contributed by atoms with Gasteiger partial charge in [0.15, 0.2) is 0 Å². The maximum atomic E-state index is 12.8. The molecule has 0 aliphatic carbocycles. The van der Waals surface area contributed by atoms with Crippen LogP contribution in [-0.2, 0) is 9.59 Å². The van der Waals surface area contributed by atoms with Crippen LogP contribution in [0.2, 0.25) is 0 Å². The van der Waals surface area contributed by atoms with Crippen molar-refractivity contribution >= 4 is 36.0 Å². The van der Waals surface area contributed by atoms with E-state index >= 15 is 0 Å². The predicted molar refractivity (Wildman–Crippen MR) is 91.2 cm³/mol. The Hall–Kier alpha value is -0.460. The SMILES string of the molecule is CCC(=O)N1CSCC1C(=O)N1CC[C@@H]2CNC[C@@H]2CC1.Cl. The molecule has 3 heterocycles. The van der Waals surface area contributed by atoms with Crippen molar-refractivity contribution in [2.75, 3.05) is 37.8 Å². The molecule has 3 saturated heterocycles. The number of likely N-dealkylation sites (tertiary alicyclic amines) is 1. The summed E-state index contributed by atoms with van der Waals surface area (Å²) in [5.74, 6) is 3.17. The number of nitrogens with one attached hydrogen (secondary N) is 1. The van der Waals surface area contributed by atoms with Crippen molar-refractivity contribution in [1.82, 2.24) is 15.1 Å². The number of rotatable bonds is 2. The summed E-state index contributed by atoms with van der Waals surface area (Å²) in [7, 11) is 0. The van der Waals surface area contributed by atoms with Crippen LogP contribution in [0.1, 0.15) is 26.2 Å². The number of halogens is 1. The normalized spacial score (nSPS) is 31.4. The topological polar surface area (TPSA) is 52.7 Å². The Morgan fingerprint density at radius 3 is 2.41 bits per heavy atom. The van der Waals surface area contributed by atoms with Crippen molar-refractivity contribution in [3.8, 4) is 0 Å². The molecule has 1 unspecified atom stereocenters. The molecule has 2 amide bonds. The lowest BCUT2D eigenvalue weighted by Crippen LogP contribution is -2.49. The summed E-state index contributed by atoms with van der Waals surface area (Å²) in [6, 6.07) is -0.224. The molecule has 5 nitrogen and oxygen atoms in total. The largest absolute Gasteiger partial charge is 0.341 e. The quantitative estimate of drug-likeness (QED) is 0.815. The third-order valence-electron chi connectivity index (χ3n) is 5.12. The third kappa shape index (κ3) is 3.54. The molecule has 3 fully saturated rings. The number of nitrogens with zero attached hydrogens (tertiary/aromatic N) is 2. The van der Waals surface area contributed by atoms with E-state index in [1.54, 1.807) is 16.7 Å². The van der Waals surface area contributed by atoms with Crippen LogP contribution in [0, 0.1) is 11.8 Å². The van der Waals surface area contributed by atoms with Crippen molar-refractivity contribution in [2.24, 2.45) is 11.8 Å². The van der Waals surface area contributed by atoms with E-state index in [2.05, 4.69) is 5.32 Å². The molecule has 0 aromatic carbocycles. The van der Waals surface area contributed by atoms with Gasteiger partial charge >= 0.3 is 0 Å². The zero-order valence-electron chi connectivity index (χ0n) is 13.1. The lowest BCUT2D eigenvalue weighted by Gasteiger charge is -2.29. The highest BCUT2D eigenvalue weighted by Crippen LogP contribution is 2.29. The van der Waals surface area contributed by atoms with E-state index in [0.717, 1.165) is 56.6 Å². The average molecular weight is 348 g/mol. The molecular weight excluding hydrogens is 322 g/mol. The number of hydrogen-bond donors (Lipinski definition) is 1. The van der Waals surface area contributed by atoms with Crippen LogP contribution in [0.4, 0.5) is 0 Å². The molecule has 0 radical (unpaired) electrons. The van der Waals surface area contributed by atoms with Gasteiger partial charge in [-0.25, -0.2) is 0 Å². The van der Waals surface area contributed by atoms with Gasteiger partial charge in [0.2, 0.25) is 11.8 Å². The van der Waals surface area contributed by atoms with E-state index in [4.69, 9.17) is 0 Å². The van der Waals surface area contributed by atoms with Crippen LogP contribution in [-0.4, -0.2) is 65.5 Å². The molecule has 3 aliphatic heterocycles. The Kier molecular flexibility index (Phi) is 6.41. The van der Waals surface area contributed by atoms with E-state index < -0.39 is 0 Å². The number of carbonyl (C=O) groups excluding carboxylic acids is 2. The van der Waals surface area contributed by atoms with Gasteiger partial charge in [0.1, 0.15) is 6.04 Å². The van der Waals surface area contributed by atoms with Crippen LogP contribution in [0.3, 0.4) is 0 Å². The molecule has 7 heteroatoms. The number of fused-ring (bicyclic) bond motifs is 1. The second-order valence-corrected chi connectivity index (χ2v) is 7.31. The first kappa shape index (κ1) is 17.9. The standard InChI is InChI=1S/C15H25N3O2S.ClH/c1-2-14(19)18-10-21-9-13(18)15(20)17-5-3-11-7-16-8-12(11)4-6-17;/h11-13,16H,2-10H2,1H3;1H/t11-,12+,13?;. The first-order valence-electron chi connectivity index (χ1n) is 8.07. The minimum Gasteiger partial charge on any atom is -0.341 e. The van der Waals surface area contributed by atoms with E-state index in [1.165, 1.54) is 0 Å². The first-order chi connectivity index (χ1) is 10.2. The summed E-state index contributed by atoms with van der Waals surface area (Å²) in [6.07, 6.45) is 2.69. The molecule has 0 aromatic heterocycles. The van der Waals surface area contributed by atoms with E-state index in [0.29, 0.717) is 12.3 Å². The van der Waals surface area contributed by atoms with Crippen molar-refractivity contribution in [2.45, 2.75) is 32.2 Å². The number of amides is 2. The monoisotopic (exact) mass is 347 g/mol. The lowest BCUT2D eigenvalue weighted by atomic mass is 9.92. The van der Waals surface area contributed by atoms with Gasteiger partial charge in [-0.05, 0) is 37.8 Å². The van der Waals surface area contributed by atoms with Crippen LogP contribution in [0.25, 0.3) is 0 Å². The van der Waals surface area contributed by atoms with Crippen LogP contribution in [0.15, 0.2) is 0 Å². The molecule has 126 valence electrons. The molecule has 3 atom stereocenters. The summed E-state index contributed by atoms with van der Waals surface area (Å²) in [5, 5.41) is 3.46. The predicted octanol–water partition coefficient (Wildman–Crippen LogP) is 1.18. The van der Waals surface area contributed by atoms with Crippen LogP contribution in [0.5, 0.6) is 0 Å². The average Bonchev–Trinajstić information content (AvgIpc) is 3.11. The Balaban J connectivity index is 0.00000176. The Bertz CT molecular complexity index is 410. The first-order valence-corrected chi connectivity index (χ1v) is 9.23. The fraction of sp³-hybridized carbons (Fsp3) is 0.867. The van der Waals surface area contributed by atoms with Gasteiger partial charge in [-0.3, -0.25) is 9.59 Å². The number of hydrogen-bond acceptors (Lipinski definition) is 4. The molecule has 0 aromatic rings. The molecule has 3 rings (SSSR count). The maximum Gasteiger partial charge on any atom is 0.246 e. The van der Waals surface area contributed by atoms with Gasteiger partial charge in [-0.1, -0.05) is 6.92 Å². The Morgan fingerprint density at radius 2 is 1.82 bits per heavy atom. The van der Waals surface area contributed by atoms with Crippen molar-refractivity contribution < 1.29 is 9.59 Å². The van der Waals surface area contributed by atoms with Crippen molar-refractivity contribution in [3.05, 3.63) is 0 Å². The smallest absolute Gasteiger partial charge is 0.246 e. The molecule has 3 aliphatic rings. The zero-order valence-corrected chi connectivity index (χ0v) is 14.8.